The number of benzene rings is 2. The molecule has 9 heteroatoms. The van der Waals surface area contributed by atoms with Crippen LogP contribution in [0.1, 0.15) is 42.3 Å². The molecule has 4 aromatic rings. The van der Waals surface area contributed by atoms with Gasteiger partial charge in [0.1, 0.15) is 17.4 Å². The van der Waals surface area contributed by atoms with E-state index in [0.29, 0.717) is 11.5 Å². The minimum Gasteiger partial charge on any atom is -0.435 e. The Labute approximate surface area is 181 Å². The summed E-state index contributed by atoms with van der Waals surface area (Å²) >= 11 is 0. The van der Waals surface area contributed by atoms with Crippen LogP contribution in [-0.4, -0.2) is 24.9 Å². The quantitative estimate of drug-likeness (QED) is 0.489. The van der Waals surface area contributed by atoms with Gasteiger partial charge in [-0.2, -0.15) is 18.3 Å². The number of nitrogens with zero attached hydrogens (tertiary/aromatic N) is 4. The van der Waals surface area contributed by atoms with Gasteiger partial charge in [-0.05, 0) is 54.2 Å². The highest BCUT2D eigenvalue weighted by atomic mass is 19.4. The average Bonchev–Trinajstić information content (AvgIpc) is 3.36. The predicted molar refractivity (Wildman–Crippen MR) is 111 cm³/mol. The Morgan fingerprint density at radius 2 is 2.00 bits per heavy atom. The first-order valence-corrected chi connectivity index (χ1v) is 10.3. The molecule has 0 amide bonds. The van der Waals surface area contributed by atoms with Crippen LogP contribution >= 0.6 is 0 Å². The van der Waals surface area contributed by atoms with E-state index in [2.05, 4.69) is 22.0 Å². The zero-order valence-electron chi connectivity index (χ0n) is 17.5. The second-order valence-electron chi connectivity index (χ2n) is 8.58. The van der Waals surface area contributed by atoms with Gasteiger partial charge in [0.05, 0.1) is 12.0 Å². The van der Waals surface area contributed by atoms with Gasteiger partial charge in [0.2, 0.25) is 5.89 Å². The minimum absolute atomic E-state index is 0.0580. The molecule has 6 nitrogen and oxygen atoms in total. The number of halogens is 3. The van der Waals surface area contributed by atoms with Gasteiger partial charge in [-0.25, -0.2) is 9.97 Å². The SMILES string of the molecule is CC1CC(c2cccc(-c3nc4cc(CO)cc(C(F)(F)F)c4o3)c2)(c2ncn(C)n2)C1. The van der Waals surface area contributed by atoms with Crippen LogP contribution in [0.15, 0.2) is 47.1 Å². The van der Waals surface area contributed by atoms with Crippen molar-refractivity contribution in [2.45, 2.75) is 38.0 Å². The van der Waals surface area contributed by atoms with E-state index in [0.717, 1.165) is 30.3 Å². The van der Waals surface area contributed by atoms with Crippen molar-refractivity contribution in [2.24, 2.45) is 13.0 Å². The molecule has 0 saturated heterocycles. The van der Waals surface area contributed by atoms with E-state index in [9.17, 15) is 18.3 Å². The Balaban J connectivity index is 1.62. The first-order chi connectivity index (χ1) is 15.2. The number of aryl methyl sites for hydroxylation is 1. The third kappa shape index (κ3) is 3.28. The van der Waals surface area contributed by atoms with Crippen LogP contribution in [0, 0.1) is 5.92 Å². The summed E-state index contributed by atoms with van der Waals surface area (Å²) < 4.78 is 48.0. The number of rotatable bonds is 4. The topological polar surface area (TPSA) is 77.0 Å². The Bertz CT molecular complexity index is 1300. The Morgan fingerprint density at radius 3 is 2.62 bits per heavy atom. The second-order valence-corrected chi connectivity index (χ2v) is 8.58. The molecular formula is C23H21F3N4O2. The first-order valence-electron chi connectivity index (χ1n) is 10.3. The third-order valence-corrected chi connectivity index (χ3v) is 6.12. The smallest absolute Gasteiger partial charge is 0.420 e. The zero-order valence-corrected chi connectivity index (χ0v) is 17.5. The normalized spacial score (nSPS) is 21.1. The summed E-state index contributed by atoms with van der Waals surface area (Å²) in [5, 5.41) is 13.9. The number of aliphatic hydroxyl groups excluding tert-OH is 1. The van der Waals surface area contributed by atoms with Crippen molar-refractivity contribution in [3.05, 3.63) is 65.2 Å². The molecular weight excluding hydrogens is 421 g/mol. The van der Waals surface area contributed by atoms with Crippen LogP contribution in [0.2, 0.25) is 0 Å². The van der Waals surface area contributed by atoms with Gasteiger partial charge in [0, 0.05) is 12.6 Å². The summed E-state index contributed by atoms with van der Waals surface area (Å²) in [4.78, 5) is 8.79. The molecule has 0 spiro atoms. The van der Waals surface area contributed by atoms with Gasteiger partial charge in [-0.15, -0.1) is 0 Å². The van der Waals surface area contributed by atoms with Crippen molar-refractivity contribution in [1.29, 1.82) is 0 Å². The molecule has 0 atom stereocenters. The van der Waals surface area contributed by atoms with E-state index >= 15 is 0 Å². The standard InChI is InChI=1S/C23H21F3N4O2/c1-13-9-22(10-13,21-27-12-30(2)29-21)16-5-3-4-15(8-16)20-28-18-7-14(11-31)6-17(19(18)32-20)23(24,25)26/h3-8,12-13,31H,9-11H2,1-2H3. The lowest BCUT2D eigenvalue weighted by atomic mass is 9.58. The van der Waals surface area contributed by atoms with E-state index in [1.807, 2.05) is 25.2 Å². The molecule has 0 aliphatic heterocycles. The van der Waals surface area contributed by atoms with Gasteiger partial charge >= 0.3 is 6.18 Å². The van der Waals surface area contributed by atoms with Crippen LogP contribution in [0.3, 0.4) is 0 Å². The molecule has 0 radical (unpaired) electrons. The number of fused-ring (bicyclic) bond motifs is 1. The Morgan fingerprint density at radius 1 is 1.22 bits per heavy atom. The first kappa shape index (κ1) is 20.7. The largest absolute Gasteiger partial charge is 0.435 e. The summed E-state index contributed by atoms with van der Waals surface area (Å²) in [6.07, 6.45) is -1.20. The summed E-state index contributed by atoms with van der Waals surface area (Å²) in [5.41, 5.74) is 0.110. The van der Waals surface area contributed by atoms with Crippen LogP contribution in [0.4, 0.5) is 13.2 Å². The minimum atomic E-state index is -4.63. The molecule has 2 aromatic carbocycles. The molecule has 1 fully saturated rings. The fourth-order valence-corrected chi connectivity index (χ4v) is 4.70. The maximum Gasteiger partial charge on any atom is 0.420 e. The fourth-order valence-electron chi connectivity index (χ4n) is 4.70. The molecule has 1 aliphatic rings. The zero-order chi connectivity index (χ0) is 22.7. The summed E-state index contributed by atoms with van der Waals surface area (Å²) in [5.74, 6) is 1.34. The molecule has 0 unspecified atom stereocenters. The third-order valence-electron chi connectivity index (χ3n) is 6.12. The summed E-state index contributed by atoms with van der Waals surface area (Å²) in [6.45, 7) is 1.65. The number of hydrogen-bond donors (Lipinski definition) is 1. The van der Waals surface area contributed by atoms with E-state index in [4.69, 9.17) is 4.42 Å². The molecule has 1 N–H and O–H groups in total. The van der Waals surface area contributed by atoms with Gasteiger partial charge in [-0.1, -0.05) is 19.1 Å². The van der Waals surface area contributed by atoms with Gasteiger partial charge in [0.25, 0.3) is 0 Å². The maximum absolute atomic E-state index is 13.6. The molecule has 32 heavy (non-hydrogen) atoms. The van der Waals surface area contributed by atoms with Crippen molar-refractivity contribution in [3.63, 3.8) is 0 Å². The van der Waals surface area contributed by atoms with Gasteiger partial charge in [0.15, 0.2) is 11.4 Å². The number of oxazole rings is 1. The fraction of sp³-hybridized carbons (Fsp3) is 0.348. The van der Waals surface area contributed by atoms with Crippen LogP contribution in [-0.2, 0) is 25.2 Å². The second kappa shape index (κ2) is 7.16. The number of alkyl halides is 3. The highest BCUT2D eigenvalue weighted by molar-refractivity contribution is 5.81. The van der Waals surface area contributed by atoms with Gasteiger partial charge < -0.3 is 9.52 Å². The van der Waals surface area contributed by atoms with E-state index < -0.39 is 18.3 Å². The van der Waals surface area contributed by atoms with Gasteiger partial charge in [-0.3, -0.25) is 4.68 Å². The lowest BCUT2D eigenvalue weighted by Gasteiger charge is -2.45. The maximum atomic E-state index is 13.6. The van der Waals surface area contributed by atoms with E-state index in [1.54, 1.807) is 17.1 Å². The molecule has 166 valence electrons. The van der Waals surface area contributed by atoms with Crippen molar-refractivity contribution >= 4 is 11.1 Å². The molecule has 1 aliphatic carbocycles. The number of aromatic nitrogens is 4. The molecule has 2 heterocycles. The molecule has 1 saturated carbocycles. The van der Waals surface area contributed by atoms with E-state index in [1.165, 1.54) is 6.07 Å². The number of hydrogen-bond acceptors (Lipinski definition) is 5. The summed E-state index contributed by atoms with van der Waals surface area (Å²) in [7, 11) is 1.82. The predicted octanol–water partition coefficient (Wildman–Crippen LogP) is 4.85. The number of aliphatic hydroxyl groups is 1. The van der Waals surface area contributed by atoms with Crippen LogP contribution < -0.4 is 0 Å². The highest BCUT2D eigenvalue weighted by Crippen LogP contribution is 2.51. The lowest BCUT2D eigenvalue weighted by molar-refractivity contribution is -0.136. The summed E-state index contributed by atoms with van der Waals surface area (Å²) in [6, 6.07) is 9.79. The van der Waals surface area contributed by atoms with Crippen molar-refractivity contribution in [2.75, 3.05) is 0 Å². The molecule has 0 bridgehead atoms. The lowest BCUT2D eigenvalue weighted by Crippen LogP contribution is -2.42. The Hall–Kier alpha value is -3.20. The van der Waals surface area contributed by atoms with Crippen LogP contribution in [0.5, 0.6) is 0 Å². The highest BCUT2D eigenvalue weighted by Gasteiger charge is 2.48. The van der Waals surface area contributed by atoms with Crippen molar-refractivity contribution < 1.29 is 22.7 Å². The molecule has 5 rings (SSSR count). The van der Waals surface area contributed by atoms with E-state index in [-0.39, 0.29) is 28.0 Å². The molecule has 2 aromatic heterocycles. The van der Waals surface area contributed by atoms with Crippen molar-refractivity contribution in [1.82, 2.24) is 19.7 Å². The van der Waals surface area contributed by atoms with Crippen molar-refractivity contribution in [3.8, 4) is 11.5 Å². The Kier molecular flexibility index (Phi) is 4.63. The average molecular weight is 442 g/mol. The van der Waals surface area contributed by atoms with Crippen LogP contribution in [0.25, 0.3) is 22.6 Å². The monoisotopic (exact) mass is 442 g/mol.